The van der Waals surface area contributed by atoms with Gasteiger partial charge in [-0.15, -0.1) is 0 Å². The number of amides is 1. The van der Waals surface area contributed by atoms with Crippen molar-refractivity contribution in [1.29, 1.82) is 0 Å². The van der Waals surface area contributed by atoms with Crippen molar-refractivity contribution in [2.45, 2.75) is 38.4 Å². The van der Waals surface area contributed by atoms with Crippen LogP contribution in [0.2, 0.25) is 5.02 Å². The summed E-state index contributed by atoms with van der Waals surface area (Å²) >= 11 is 6.28. The smallest absolute Gasteiger partial charge is 0.224 e. The van der Waals surface area contributed by atoms with Gasteiger partial charge in [0.2, 0.25) is 5.91 Å². The van der Waals surface area contributed by atoms with E-state index < -0.39 is 0 Å². The minimum Gasteiger partial charge on any atom is -0.324 e. The maximum atomic E-state index is 12.1. The lowest BCUT2D eigenvalue weighted by Crippen LogP contribution is -2.60. The number of halogens is 1. The van der Waals surface area contributed by atoms with Crippen LogP contribution in [0.4, 0.5) is 0 Å². The monoisotopic (exact) mass is 329 g/mol. The lowest BCUT2D eigenvalue weighted by Gasteiger charge is -2.48. The molecule has 2 saturated heterocycles. The van der Waals surface area contributed by atoms with Gasteiger partial charge in [0.15, 0.2) is 0 Å². The van der Waals surface area contributed by atoms with E-state index in [-0.39, 0.29) is 11.6 Å². The summed E-state index contributed by atoms with van der Waals surface area (Å²) < 4.78 is 0. The molecule has 5 heteroatoms. The number of pyridine rings is 1. The Bertz CT molecular complexity index is 778. The second-order valence-corrected chi connectivity index (χ2v) is 7.06. The summed E-state index contributed by atoms with van der Waals surface area (Å²) in [6, 6.07) is 9.99. The van der Waals surface area contributed by atoms with Gasteiger partial charge in [-0.2, -0.15) is 0 Å². The Hall–Kier alpha value is -1.65. The zero-order valence-corrected chi connectivity index (χ0v) is 14.0. The molecular formula is C18H20ClN3O. The SMILES string of the molecule is C[C@@]12CCC(=O)N1CCCN2Cc1ccc2cccc(Cl)c2n1. The van der Waals surface area contributed by atoms with Crippen LogP contribution in [0.25, 0.3) is 10.9 Å². The molecule has 0 N–H and O–H groups in total. The number of nitrogens with zero attached hydrogens (tertiary/aromatic N) is 3. The molecule has 0 spiro atoms. The molecule has 0 bridgehead atoms. The second kappa shape index (κ2) is 5.46. The highest BCUT2D eigenvalue weighted by Gasteiger charge is 2.47. The van der Waals surface area contributed by atoms with Gasteiger partial charge in [0.25, 0.3) is 0 Å². The Morgan fingerprint density at radius 1 is 1.26 bits per heavy atom. The van der Waals surface area contributed by atoms with Crippen LogP contribution in [0.3, 0.4) is 0 Å². The maximum Gasteiger partial charge on any atom is 0.224 e. The summed E-state index contributed by atoms with van der Waals surface area (Å²) in [5.74, 6) is 0.284. The first-order chi connectivity index (χ1) is 11.1. The van der Waals surface area contributed by atoms with Crippen molar-refractivity contribution in [3.8, 4) is 0 Å². The van der Waals surface area contributed by atoms with E-state index in [0.29, 0.717) is 11.4 Å². The average Bonchev–Trinajstić information content (AvgIpc) is 2.85. The molecule has 2 aliphatic rings. The van der Waals surface area contributed by atoms with Gasteiger partial charge in [-0.05, 0) is 31.9 Å². The Kier molecular flexibility index (Phi) is 3.54. The van der Waals surface area contributed by atoms with Crippen molar-refractivity contribution < 1.29 is 4.79 Å². The molecule has 1 aromatic heterocycles. The Morgan fingerprint density at radius 2 is 2.13 bits per heavy atom. The number of aromatic nitrogens is 1. The second-order valence-electron chi connectivity index (χ2n) is 6.65. The van der Waals surface area contributed by atoms with Crippen LogP contribution in [0, 0.1) is 0 Å². The van der Waals surface area contributed by atoms with Crippen molar-refractivity contribution in [1.82, 2.24) is 14.8 Å². The van der Waals surface area contributed by atoms with Gasteiger partial charge in [-0.3, -0.25) is 9.69 Å². The molecule has 1 aromatic carbocycles. The van der Waals surface area contributed by atoms with E-state index in [0.717, 1.165) is 49.1 Å². The van der Waals surface area contributed by atoms with Gasteiger partial charge in [-0.25, -0.2) is 4.98 Å². The predicted octanol–water partition coefficient (Wildman–Crippen LogP) is 3.43. The summed E-state index contributed by atoms with van der Waals surface area (Å²) in [4.78, 5) is 21.3. The standard InChI is InChI=1S/C18H20ClN3O/c1-18-9-8-16(23)22(18)11-3-10-21(18)12-14-7-6-13-4-2-5-15(19)17(13)20-14/h2,4-7H,3,8-12H2,1H3/t18-/m0/s1. The number of carbonyl (C=O) groups excluding carboxylic acids is 1. The Balaban J connectivity index is 1.65. The van der Waals surface area contributed by atoms with Gasteiger partial charge in [0.05, 0.1) is 21.9 Å². The quantitative estimate of drug-likeness (QED) is 0.847. The average molecular weight is 330 g/mol. The van der Waals surface area contributed by atoms with E-state index in [4.69, 9.17) is 16.6 Å². The third kappa shape index (κ3) is 2.41. The normalized spacial score (nSPS) is 25.1. The van der Waals surface area contributed by atoms with Crippen molar-refractivity contribution >= 4 is 28.4 Å². The molecule has 0 saturated carbocycles. The topological polar surface area (TPSA) is 36.4 Å². The first kappa shape index (κ1) is 14.9. The van der Waals surface area contributed by atoms with E-state index in [1.165, 1.54) is 0 Å². The van der Waals surface area contributed by atoms with Crippen LogP contribution in [0.5, 0.6) is 0 Å². The molecule has 0 radical (unpaired) electrons. The minimum atomic E-state index is -0.160. The molecule has 1 atom stereocenters. The first-order valence-corrected chi connectivity index (χ1v) is 8.55. The summed E-state index contributed by atoms with van der Waals surface area (Å²) in [6.45, 7) is 4.82. The first-order valence-electron chi connectivity index (χ1n) is 8.18. The molecule has 1 amide bonds. The van der Waals surface area contributed by atoms with Gasteiger partial charge >= 0.3 is 0 Å². The highest BCUT2D eigenvalue weighted by Crippen LogP contribution is 2.37. The zero-order chi connectivity index (χ0) is 16.0. The minimum absolute atomic E-state index is 0.160. The van der Waals surface area contributed by atoms with E-state index in [1.807, 2.05) is 23.1 Å². The molecule has 4 rings (SSSR count). The molecule has 0 aliphatic carbocycles. The van der Waals surface area contributed by atoms with Gasteiger partial charge < -0.3 is 4.90 Å². The largest absolute Gasteiger partial charge is 0.324 e. The van der Waals surface area contributed by atoms with Crippen LogP contribution in [-0.2, 0) is 11.3 Å². The third-order valence-corrected chi connectivity index (χ3v) is 5.57. The van der Waals surface area contributed by atoms with E-state index in [2.05, 4.69) is 24.0 Å². The molecule has 3 heterocycles. The zero-order valence-electron chi connectivity index (χ0n) is 13.3. The van der Waals surface area contributed by atoms with Crippen LogP contribution in [0.15, 0.2) is 30.3 Å². The highest BCUT2D eigenvalue weighted by atomic mass is 35.5. The van der Waals surface area contributed by atoms with Crippen molar-refractivity contribution in [2.24, 2.45) is 0 Å². The molecule has 2 aromatic rings. The predicted molar refractivity (Wildman–Crippen MR) is 91.1 cm³/mol. The maximum absolute atomic E-state index is 12.1. The number of para-hydroxylation sites is 1. The molecule has 0 unspecified atom stereocenters. The van der Waals surface area contributed by atoms with Crippen molar-refractivity contribution in [3.63, 3.8) is 0 Å². The molecule has 2 fully saturated rings. The van der Waals surface area contributed by atoms with Crippen LogP contribution < -0.4 is 0 Å². The molecular weight excluding hydrogens is 310 g/mol. The molecule has 4 nitrogen and oxygen atoms in total. The highest BCUT2D eigenvalue weighted by molar-refractivity contribution is 6.35. The Morgan fingerprint density at radius 3 is 3.00 bits per heavy atom. The number of hydrogen-bond donors (Lipinski definition) is 0. The van der Waals surface area contributed by atoms with Crippen LogP contribution in [-0.4, -0.2) is 39.4 Å². The van der Waals surface area contributed by atoms with Crippen LogP contribution >= 0.6 is 11.6 Å². The summed E-state index contributed by atoms with van der Waals surface area (Å²) in [5.41, 5.74) is 1.70. The van der Waals surface area contributed by atoms with E-state index in [9.17, 15) is 4.79 Å². The van der Waals surface area contributed by atoms with Gasteiger partial charge in [-0.1, -0.05) is 29.8 Å². The number of rotatable bonds is 2. The fraction of sp³-hybridized carbons (Fsp3) is 0.444. The van der Waals surface area contributed by atoms with Crippen molar-refractivity contribution in [3.05, 3.63) is 41.0 Å². The molecule has 2 aliphatic heterocycles. The lowest BCUT2D eigenvalue weighted by molar-refractivity contribution is -0.141. The third-order valence-electron chi connectivity index (χ3n) is 5.27. The summed E-state index contributed by atoms with van der Waals surface area (Å²) in [6.07, 6.45) is 2.58. The number of benzene rings is 1. The lowest BCUT2D eigenvalue weighted by atomic mass is 10.0. The summed E-state index contributed by atoms with van der Waals surface area (Å²) in [7, 11) is 0. The van der Waals surface area contributed by atoms with Gasteiger partial charge in [0.1, 0.15) is 0 Å². The summed E-state index contributed by atoms with van der Waals surface area (Å²) in [5, 5.41) is 1.75. The molecule has 23 heavy (non-hydrogen) atoms. The van der Waals surface area contributed by atoms with Crippen molar-refractivity contribution in [2.75, 3.05) is 13.1 Å². The van der Waals surface area contributed by atoms with E-state index >= 15 is 0 Å². The number of hydrogen-bond acceptors (Lipinski definition) is 3. The Labute approximate surface area is 141 Å². The number of carbonyl (C=O) groups is 1. The fourth-order valence-corrected chi connectivity index (χ4v) is 4.15. The fourth-order valence-electron chi connectivity index (χ4n) is 3.92. The number of fused-ring (bicyclic) bond motifs is 2. The van der Waals surface area contributed by atoms with E-state index in [1.54, 1.807) is 0 Å². The van der Waals surface area contributed by atoms with Crippen LogP contribution in [0.1, 0.15) is 31.9 Å². The van der Waals surface area contributed by atoms with Gasteiger partial charge in [0, 0.05) is 31.4 Å². The molecule has 120 valence electrons.